The molecule has 1 aromatic carbocycles. The predicted octanol–water partition coefficient (Wildman–Crippen LogP) is 0.680. The molecular weight excluding hydrogens is 208 g/mol. The van der Waals surface area contributed by atoms with Crippen LogP contribution in [0, 0.1) is 0 Å². The summed E-state index contributed by atoms with van der Waals surface area (Å²) in [4.78, 5) is 1.62. The summed E-state index contributed by atoms with van der Waals surface area (Å²) in [5, 5.41) is 8.70. The maximum atomic E-state index is 5.57. The maximum Gasteiger partial charge on any atom is 0.231 e. The van der Waals surface area contributed by atoms with Crippen LogP contribution in [0.25, 0.3) is 11.0 Å². The Morgan fingerprint density at radius 1 is 1.31 bits per heavy atom. The number of aromatic nitrogens is 3. The lowest BCUT2D eigenvalue weighted by molar-refractivity contribution is 0.174. The Morgan fingerprint density at radius 3 is 2.38 bits per heavy atom. The van der Waals surface area contributed by atoms with Crippen LogP contribution < -0.4 is 15.2 Å². The van der Waals surface area contributed by atoms with Gasteiger partial charge in [0, 0.05) is 18.7 Å². The van der Waals surface area contributed by atoms with Crippen LogP contribution in [0.15, 0.2) is 12.1 Å². The van der Waals surface area contributed by atoms with Gasteiger partial charge in [0.05, 0.1) is 6.04 Å². The van der Waals surface area contributed by atoms with Crippen LogP contribution in [0.5, 0.6) is 11.5 Å². The Kier molecular flexibility index (Phi) is 1.97. The molecule has 0 bridgehead atoms. The standard InChI is InChI=1S/C10H12N4O2/c1-6(4-11)14-12-7-2-9-10(16-5-15-9)3-8(7)13-14/h2-3,6H,4-5,11H2,1H3. The molecule has 3 rings (SSSR count). The second-order valence-electron chi connectivity index (χ2n) is 3.80. The maximum absolute atomic E-state index is 5.57. The van der Waals surface area contributed by atoms with Gasteiger partial charge in [-0.1, -0.05) is 0 Å². The molecule has 0 saturated carbocycles. The van der Waals surface area contributed by atoms with Crippen molar-refractivity contribution >= 4 is 11.0 Å². The van der Waals surface area contributed by atoms with E-state index in [1.807, 2.05) is 19.1 Å². The van der Waals surface area contributed by atoms with Crippen LogP contribution in [0.1, 0.15) is 13.0 Å². The normalized spacial score (nSPS) is 15.6. The molecule has 1 aliphatic heterocycles. The first-order valence-electron chi connectivity index (χ1n) is 5.14. The smallest absolute Gasteiger partial charge is 0.231 e. The van der Waals surface area contributed by atoms with Crippen molar-refractivity contribution in [2.24, 2.45) is 5.73 Å². The first-order valence-corrected chi connectivity index (χ1v) is 5.14. The number of rotatable bonds is 2. The van der Waals surface area contributed by atoms with E-state index in [9.17, 15) is 0 Å². The van der Waals surface area contributed by atoms with E-state index in [1.54, 1.807) is 4.80 Å². The van der Waals surface area contributed by atoms with Crippen LogP contribution in [0.2, 0.25) is 0 Å². The van der Waals surface area contributed by atoms with Crippen molar-refractivity contribution in [1.29, 1.82) is 0 Å². The quantitative estimate of drug-likeness (QED) is 0.805. The van der Waals surface area contributed by atoms with Gasteiger partial charge in [0.25, 0.3) is 0 Å². The van der Waals surface area contributed by atoms with Crippen LogP contribution in [0.3, 0.4) is 0 Å². The van der Waals surface area contributed by atoms with Crippen LogP contribution in [0.4, 0.5) is 0 Å². The van der Waals surface area contributed by atoms with E-state index in [1.165, 1.54) is 0 Å². The van der Waals surface area contributed by atoms with Crippen molar-refractivity contribution in [2.45, 2.75) is 13.0 Å². The van der Waals surface area contributed by atoms with E-state index in [2.05, 4.69) is 10.2 Å². The molecule has 0 aliphatic carbocycles. The third-order valence-corrected chi connectivity index (χ3v) is 2.63. The number of nitrogens with two attached hydrogens (primary N) is 1. The lowest BCUT2D eigenvalue weighted by atomic mass is 10.3. The van der Waals surface area contributed by atoms with Gasteiger partial charge in [0.15, 0.2) is 11.5 Å². The predicted molar refractivity (Wildman–Crippen MR) is 57.4 cm³/mol. The van der Waals surface area contributed by atoms with Gasteiger partial charge >= 0.3 is 0 Å². The molecule has 2 aromatic rings. The van der Waals surface area contributed by atoms with Crippen molar-refractivity contribution in [1.82, 2.24) is 15.0 Å². The summed E-state index contributed by atoms with van der Waals surface area (Å²) in [6.45, 7) is 2.74. The minimum atomic E-state index is 0.0871. The molecule has 1 atom stereocenters. The van der Waals surface area contributed by atoms with Crippen molar-refractivity contribution in [3.05, 3.63) is 12.1 Å². The summed E-state index contributed by atoms with van der Waals surface area (Å²) in [5.74, 6) is 1.44. The van der Waals surface area contributed by atoms with Crippen molar-refractivity contribution in [3.63, 3.8) is 0 Å². The van der Waals surface area contributed by atoms with Crippen LogP contribution in [-0.4, -0.2) is 28.3 Å². The van der Waals surface area contributed by atoms with E-state index in [0.29, 0.717) is 6.54 Å². The molecule has 1 aromatic heterocycles. The first-order chi connectivity index (χ1) is 7.78. The van der Waals surface area contributed by atoms with Gasteiger partial charge in [0.1, 0.15) is 11.0 Å². The second-order valence-corrected chi connectivity index (χ2v) is 3.80. The Balaban J connectivity index is 2.12. The van der Waals surface area contributed by atoms with Crippen molar-refractivity contribution in [2.75, 3.05) is 13.3 Å². The topological polar surface area (TPSA) is 75.2 Å². The number of fused-ring (bicyclic) bond motifs is 2. The third-order valence-electron chi connectivity index (χ3n) is 2.63. The second kappa shape index (κ2) is 3.34. The summed E-state index contributed by atoms with van der Waals surface area (Å²) in [6.07, 6.45) is 0. The zero-order chi connectivity index (χ0) is 11.1. The summed E-state index contributed by atoms with van der Waals surface area (Å²) in [7, 11) is 0. The molecule has 2 N–H and O–H groups in total. The van der Waals surface area contributed by atoms with Gasteiger partial charge in [-0.2, -0.15) is 15.0 Å². The number of benzene rings is 1. The van der Waals surface area contributed by atoms with E-state index < -0.39 is 0 Å². The molecule has 0 spiro atoms. The monoisotopic (exact) mass is 220 g/mol. The molecular formula is C10H12N4O2. The Hall–Kier alpha value is -1.82. The van der Waals surface area contributed by atoms with E-state index >= 15 is 0 Å². The zero-order valence-electron chi connectivity index (χ0n) is 8.88. The minimum Gasteiger partial charge on any atom is -0.454 e. The summed E-state index contributed by atoms with van der Waals surface area (Å²) < 4.78 is 10.6. The molecule has 1 aliphatic rings. The number of ether oxygens (including phenoxy) is 2. The van der Waals surface area contributed by atoms with Gasteiger partial charge in [-0.3, -0.25) is 0 Å². The minimum absolute atomic E-state index is 0.0871. The highest BCUT2D eigenvalue weighted by atomic mass is 16.7. The molecule has 6 heteroatoms. The van der Waals surface area contributed by atoms with Crippen LogP contribution >= 0.6 is 0 Å². The average Bonchev–Trinajstić information content (AvgIpc) is 2.89. The largest absolute Gasteiger partial charge is 0.454 e. The molecule has 2 heterocycles. The summed E-state index contributed by atoms with van der Waals surface area (Å²) >= 11 is 0. The van der Waals surface area contributed by atoms with E-state index in [4.69, 9.17) is 15.2 Å². The molecule has 84 valence electrons. The zero-order valence-corrected chi connectivity index (χ0v) is 8.88. The first kappa shape index (κ1) is 9.41. The highest BCUT2D eigenvalue weighted by Crippen LogP contribution is 2.34. The number of hydrogen-bond acceptors (Lipinski definition) is 5. The SMILES string of the molecule is CC(CN)n1nc2cc3c(cc2n1)OCO3. The molecule has 6 nitrogen and oxygen atoms in total. The molecule has 0 radical (unpaired) electrons. The van der Waals surface area contributed by atoms with Gasteiger partial charge in [-0.05, 0) is 6.92 Å². The van der Waals surface area contributed by atoms with Gasteiger partial charge in [0.2, 0.25) is 6.79 Å². The highest BCUT2D eigenvalue weighted by Gasteiger charge is 2.17. The molecule has 1 unspecified atom stereocenters. The lowest BCUT2D eigenvalue weighted by Gasteiger charge is -2.04. The Morgan fingerprint density at radius 2 is 1.88 bits per heavy atom. The molecule has 0 amide bonds. The fraction of sp³-hybridized carbons (Fsp3) is 0.400. The average molecular weight is 220 g/mol. The van der Waals surface area contributed by atoms with E-state index in [0.717, 1.165) is 22.5 Å². The Labute approximate surface area is 91.9 Å². The number of nitrogens with zero attached hydrogens (tertiary/aromatic N) is 3. The molecule has 16 heavy (non-hydrogen) atoms. The number of hydrogen-bond donors (Lipinski definition) is 1. The van der Waals surface area contributed by atoms with Crippen molar-refractivity contribution < 1.29 is 9.47 Å². The fourth-order valence-electron chi connectivity index (χ4n) is 1.62. The van der Waals surface area contributed by atoms with E-state index in [-0.39, 0.29) is 12.8 Å². The van der Waals surface area contributed by atoms with Crippen LogP contribution in [-0.2, 0) is 0 Å². The van der Waals surface area contributed by atoms with Gasteiger partial charge in [-0.25, -0.2) is 0 Å². The van der Waals surface area contributed by atoms with Gasteiger partial charge < -0.3 is 15.2 Å². The molecule has 0 saturated heterocycles. The summed E-state index contributed by atoms with van der Waals surface area (Å²) in [5.41, 5.74) is 7.16. The fourth-order valence-corrected chi connectivity index (χ4v) is 1.62. The molecule has 0 fully saturated rings. The third kappa shape index (κ3) is 1.30. The van der Waals surface area contributed by atoms with Gasteiger partial charge in [-0.15, -0.1) is 0 Å². The summed E-state index contributed by atoms with van der Waals surface area (Å²) in [6, 6.07) is 3.76. The lowest BCUT2D eigenvalue weighted by Crippen LogP contribution is -2.18. The highest BCUT2D eigenvalue weighted by molar-refractivity contribution is 5.78. The van der Waals surface area contributed by atoms with Crippen molar-refractivity contribution in [3.8, 4) is 11.5 Å². The Bertz CT molecular complexity index is 496.